The van der Waals surface area contributed by atoms with Crippen LogP contribution < -0.4 is 18.9 Å². The van der Waals surface area contributed by atoms with Crippen LogP contribution in [0.3, 0.4) is 0 Å². The van der Waals surface area contributed by atoms with E-state index in [-0.39, 0.29) is 17.4 Å². The molecule has 0 atom stereocenters. The average molecular weight is 644 g/mol. The van der Waals surface area contributed by atoms with E-state index in [9.17, 15) is 19.2 Å². The Kier molecular flexibility index (Phi) is 11.1. The van der Waals surface area contributed by atoms with Crippen molar-refractivity contribution in [2.24, 2.45) is 0 Å². The summed E-state index contributed by atoms with van der Waals surface area (Å²) < 4.78 is 22.6. The molecule has 0 N–H and O–H groups in total. The van der Waals surface area contributed by atoms with E-state index < -0.39 is 11.9 Å². The van der Waals surface area contributed by atoms with Crippen molar-refractivity contribution in [3.63, 3.8) is 0 Å². The average Bonchev–Trinajstić information content (AvgIpc) is 3.10. The summed E-state index contributed by atoms with van der Waals surface area (Å²) in [7, 11) is 0. The molecule has 0 saturated heterocycles. The van der Waals surface area contributed by atoms with Crippen LogP contribution in [-0.4, -0.2) is 28.5 Å². The lowest BCUT2D eigenvalue weighted by atomic mass is 10.1. The number of carbonyl (C=O) groups excluding carboxylic acids is 4. The number of benzene rings is 4. The van der Waals surface area contributed by atoms with Crippen molar-refractivity contribution >= 4 is 23.5 Å². The highest BCUT2D eigenvalue weighted by molar-refractivity contribution is 5.97. The van der Waals surface area contributed by atoms with Crippen molar-refractivity contribution in [2.75, 3.05) is 0 Å². The Balaban J connectivity index is 1.13. The molecule has 0 spiro atoms. The molecule has 5 aromatic rings. The van der Waals surface area contributed by atoms with E-state index >= 15 is 0 Å². The van der Waals surface area contributed by atoms with Gasteiger partial charge < -0.3 is 18.9 Å². The van der Waals surface area contributed by atoms with Crippen molar-refractivity contribution in [3.8, 4) is 34.6 Å². The highest BCUT2D eigenvalue weighted by atomic mass is 16.5. The summed E-state index contributed by atoms with van der Waals surface area (Å²) >= 11 is 0. The van der Waals surface area contributed by atoms with Crippen molar-refractivity contribution in [2.45, 2.75) is 39.5 Å². The first kappa shape index (κ1) is 33.3. The molecule has 48 heavy (non-hydrogen) atoms. The van der Waals surface area contributed by atoms with Gasteiger partial charge in [-0.2, -0.15) is 0 Å². The summed E-state index contributed by atoms with van der Waals surface area (Å²) in [5.74, 6) is 1.34. The standard InChI is InChI=1S/C39H33NO8/c1-3-5-35(41)26-7-15-32(16-8-26)47-38(43)28-11-19-30(20-12-28)45-34-23-24-40-37(25-34)46-31-21-13-29(14-22-31)39(44)48-33-17-9-27(10-18-33)36(42)6-4-2/h7-25H,3-6H2,1-2H3. The summed E-state index contributed by atoms with van der Waals surface area (Å²) in [4.78, 5) is 53.5. The number of Topliss-reactive ketones (excluding diaryl/α,β-unsaturated/α-hetero) is 2. The minimum atomic E-state index is -0.545. The zero-order chi connectivity index (χ0) is 33.9. The van der Waals surface area contributed by atoms with Crippen LogP contribution in [0.25, 0.3) is 0 Å². The van der Waals surface area contributed by atoms with E-state index in [1.807, 2.05) is 13.8 Å². The number of hydrogen-bond donors (Lipinski definition) is 0. The van der Waals surface area contributed by atoms with Crippen LogP contribution in [0.1, 0.15) is 81.0 Å². The normalized spacial score (nSPS) is 10.5. The molecule has 0 bridgehead atoms. The Morgan fingerprint density at radius 3 is 1.31 bits per heavy atom. The first-order chi connectivity index (χ1) is 23.3. The summed E-state index contributed by atoms with van der Waals surface area (Å²) in [5.41, 5.74) is 1.82. The number of hydrogen-bond acceptors (Lipinski definition) is 9. The minimum Gasteiger partial charge on any atom is -0.457 e. The van der Waals surface area contributed by atoms with Crippen LogP contribution in [0.4, 0.5) is 0 Å². The molecule has 0 amide bonds. The van der Waals surface area contributed by atoms with Crippen LogP contribution in [0.15, 0.2) is 115 Å². The monoisotopic (exact) mass is 643 g/mol. The fraction of sp³-hybridized carbons (Fsp3) is 0.154. The van der Waals surface area contributed by atoms with E-state index in [2.05, 4.69) is 4.98 Å². The SMILES string of the molecule is CCCC(=O)c1ccc(OC(=O)c2ccc(Oc3ccnc(Oc4ccc(C(=O)Oc5ccc(C(=O)CCC)cc5)cc4)c3)cc2)cc1. The third-order valence-electron chi connectivity index (χ3n) is 7.07. The highest BCUT2D eigenvalue weighted by Crippen LogP contribution is 2.28. The van der Waals surface area contributed by atoms with Gasteiger partial charge in [0.2, 0.25) is 5.88 Å². The first-order valence-corrected chi connectivity index (χ1v) is 15.5. The molecule has 0 radical (unpaired) electrons. The number of ether oxygens (including phenoxy) is 4. The molecule has 0 aliphatic rings. The van der Waals surface area contributed by atoms with Gasteiger partial charge in [-0.1, -0.05) is 13.8 Å². The van der Waals surface area contributed by atoms with Gasteiger partial charge >= 0.3 is 11.9 Å². The summed E-state index contributed by atoms with van der Waals surface area (Å²) in [6.45, 7) is 3.89. The Morgan fingerprint density at radius 2 is 0.875 bits per heavy atom. The molecule has 0 saturated carbocycles. The largest absolute Gasteiger partial charge is 0.457 e. The van der Waals surface area contributed by atoms with Crippen LogP contribution in [0, 0.1) is 0 Å². The molecule has 9 heteroatoms. The summed E-state index contributed by atoms with van der Waals surface area (Å²) in [6.07, 6.45) is 4.01. The van der Waals surface area contributed by atoms with Gasteiger partial charge in [0, 0.05) is 36.2 Å². The number of nitrogens with zero attached hydrogens (tertiary/aromatic N) is 1. The fourth-order valence-electron chi connectivity index (χ4n) is 4.58. The van der Waals surface area contributed by atoms with Crippen molar-refractivity contribution in [1.29, 1.82) is 0 Å². The molecule has 0 aliphatic heterocycles. The summed E-state index contributed by atoms with van der Waals surface area (Å²) in [5, 5.41) is 0. The van der Waals surface area contributed by atoms with Gasteiger partial charge in [-0.25, -0.2) is 14.6 Å². The lowest BCUT2D eigenvalue weighted by Gasteiger charge is -2.10. The van der Waals surface area contributed by atoms with Crippen molar-refractivity contribution in [3.05, 3.63) is 138 Å². The van der Waals surface area contributed by atoms with Gasteiger partial charge in [0.25, 0.3) is 0 Å². The van der Waals surface area contributed by atoms with Gasteiger partial charge in [-0.05, 0) is 116 Å². The molecule has 0 unspecified atom stereocenters. The van der Waals surface area contributed by atoms with Gasteiger partial charge in [-0.3, -0.25) is 9.59 Å². The van der Waals surface area contributed by atoms with Gasteiger partial charge in [-0.15, -0.1) is 0 Å². The van der Waals surface area contributed by atoms with E-state index in [0.29, 0.717) is 63.8 Å². The van der Waals surface area contributed by atoms with Gasteiger partial charge in [0.15, 0.2) is 11.6 Å². The molecule has 1 aromatic heterocycles. The Bertz CT molecular complexity index is 1750. The van der Waals surface area contributed by atoms with Gasteiger partial charge in [0.1, 0.15) is 28.7 Å². The second-order valence-corrected chi connectivity index (χ2v) is 10.8. The number of rotatable bonds is 14. The zero-order valence-corrected chi connectivity index (χ0v) is 26.5. The van der Waals surface area contributed by atoms with Crippen molar-refractivity contribution < 1.29 is 38.1 Å². The van der Waals surface area contributed by atoms with Crippen LogP contribution in [0.2, 0.25) is 0 Å². The van der Waals surface area contributed by atoms with Crippen LogP contribution in [-0.2, 0) is 0 Å². The Morgan fingerprint density at radius 1 is 0.479 bits per heavy atom. The van der Waals surface area contributed by atoms with Crippen LogP contribution >= 0.6 is 0 Å². The number of pyridine rings is 1. The number of ketones is 2. The van der Waals surface area contributed by atoms with E-state index in [4.69, 9.17) is 18.9 Å². The first-order valence-electron chi connectivity index (χ1n) is 15.5. The maximum atomic E-state index is 12.6. The van der Waals surface area contributed by atoms with E-state index in [1.165, 1.54) is 6.20 Å². The molecule has 5 rings (SSSR count). The minimum absolute atomic E-state index is 0.0489. The summed E-state index contributed by atoms with van der Waals surface area (Å²) in [6, 6.07) is 29.1. The maximum Gasteiger partial charge on any atom is 0.343 e. The van der Waals surface area contributed by atoms with Crippen LogP contribution in [0.5, 0.6) is 34.6 Å². The number of esters is 2. The molecule has 9 nitrogen and oxygen atoms in total. The Hall–Kier alpha value is -6.09. The third-order valence-corrected chi connectivity index (χ3v) is 7.07. The number of aromatic nitrogens is 1. The van der Waals surface area contributed by atoms with Gasteiger partial charge in [0.05, 0.1) is 11.1 Å². The van der Waals surface area contributed by atoms with E-state index in [1.54, 1.807) is 109 Å². The predicted molar refractivity (Wildman–Crippen MR) is 179 cm³/mol. The zero-order valence-electron chi connectivity index (χ0n) is 26.5. The fourth-order valence-corrected chi connectivity index (χ4v) is 4.58. The maximum absolute atomic E-state index is 12.6. The van der Waals surface area contributed by atoms with E-state index in [0.717, 1.165) is 12.8 Å². The molecule has 0 aliphatic carbocycles. The van der Waals surface area contributed by atoms with Crippen molar-refractivity contribution in [1.82, 2.24) is 4.98 Å². The lowest BCUT2D eigenvalue weighted by molar-refractivity contribution is 0.0725. The highest BCUT2D eigenvalue weighted by Gasteiger charge is 2.13. The second kappa shape index (κ2) is 16.0. The molecule has 0 fully saturated rings. The molecule has 242 valence electrons. The topological polar surface area (TPSA) is 118 Å². The Labute approximate surface area is 278 Å². The lowest BCUT2D eigenvalue weighted by Crippen LogP contribution is -2.08. The quantitative estimate of drug-likeness (QED) is 0.0663. The number of carbonyl (C=O) groups is 4. The third kappa shape index (κ3) is 9.01. The molecular weight excluding hydrogens is 610 g/mol. The molecule has 1 heterocycles. The second-order valence-electron chi connectivity index (χ2n) is 10.8. The molecular formula is C39H33NO8. The smallest absolute Gasteiger partial charge is 0.343 e. The molecule has 4 aromatic carbocycles. The predicted octanol–water partition coefficient (Wildman–Crippen LogP) is 9.07.